The van der Waals surface area contributed by atoms with Crippen LogP contribution in [0.3, 0.4) is 0 Å². The van der Waals surface area contributed by atoms with Crippen molar-refractivity contribution in [2.45, 2.75) is 9.50 Å². The summed E-state index contributed by atoms with van der Waals surface area (Å²) < 4.78 is 2.05. The molecule has 0 aliphatic carbocycles. The van der Waals surface area contributed by atoms with Gasteiger partial charge in [-0.05, 0) is 33.6 Å². The van der Waals surface area contributed by atoms with Crippen LogP contribution in [-0.4, -0.2) is 36.3 Å². The summed E-state index contributed by atoms with van der Waals surface area (Å²) in [5, 5.41) is 23.8. The highest BCUT2D eigenvalue weighted by Gasteiger charge is 2.16. The lowest BCUT2D eigenvalue weighted by atomic mass is 10.6. The molecule has 0 aromatic carbocycles. The molecule has 0 aliphatic rings. The zero-order valence-electron chi connectivity index (χ0n) is 9.43. The van der Waals surface area contributed by atoms with E-state index in [4.69, 9.17) is 16.7 Å². The van der Waals surface area contributed by atoms with Crippen LogP contribution in [0.2, 0.25) is 5.02 Å². The van der Waals surface area contributed by atoms with Crippen molar-refractivity contribution in [3.05, 3.63) is 27.5 Å². The number of hydrogen-bond acceptors (Lipinski definition) is 8. The molecule has 1 N–H and O–H groups in total. The Morgan fingerprint density at radius 1 is 1.50 bits per heavy atom. The third-order valence-corrected chi connectivity index (χ3v) is 5.41. The summed E-state index contributed by atoms with van der Waals surface area (Å²) in [6.07, 6.45) is 1.31. The quantitative estimate of drug-likeness (QED) is 0.776. The van der Waals surface area contributed by atoms with Crippen molar-refractivity contribution >= 4 is 52.0 Å². The third-order valence-electron chi connectivity index (χ3n) is 2.11. The van der Waals surface area contributed by atoms with E-state index in [1.165, 1.54) is 34.0 Å². The van der Waals surface area contributed by atoms with Gasteiger partial charge >= 0.3 is 5.97 Å². The molecule has 3 heterocycles. The van der Waals surface area contributed by atoms with Gasteiger partial charge in [0.15, 0.2) is 4.34 Å². The third kappa shape index (κ3) is 2.54. The summed E-state index contributed by atoms with van der Waals surface area (Å²) in [6, 6.07) is 1.75. The zero-order chi connectivity index (χ0) is 14.1. The number of aromatic nitrogens is 5. The Morgan fingerprint density at radius 2 is 2.35 bits per heavy atom. The minimum atomic E-state index is -1.00. The number of thiophene rings is 1. The number of carboxylic acids is 1. The fourth-order valence-corrected chi connectivity index (χ4v) is 4.13. The molecule has 0 unspecified atom stereocenters. The van der Waals surface area contributed by atoms with Gasteiger partial charge in [0, 0.05) is 0 Å². The number of rotatable bonds is 4. The largest absolute Gasteiger partial charge is 0.477 e. The van der Waals surface area contributed by atoms with Gasteiger partial charge < -0.3 is 5.11 Å². The van der Waals surface area contributed by atoms with Crippen molar-refractivity contribution in [3.8, 4) is 5.00 Å². The highest BCUT2D eigenvalue weighted by molar-refractivity contribution is 8.00. The summed E-state index contributed by atoms with van der Waals surface area (Å²) in [4.78, 5) is 15.0. The van der Waals surface area contributed by atoms with Crippen LogP contribution in [0.5, 0.6) is 0 Å². The summed E-state index contributed by atoms with van der Waals surface area (Å²) in [6.45, 7) is 0. The lowest BCUT2D eigenvalue weighted by Gasteiger charge is -1.99. The number of hydrogen-bond donors (Lipinski definition) is 1. The molecule has 0 amide bonds. The topological polar surface area (TPSA) is 93.8 Å². The minimum absolute atomic E-state index is 0.167. The van der Waals surface area contributed by atoms with Gasteiger partial charge in [-0.3, -0.25) is 0 Å². The maximum atomic E-state index is 10.8. The van der Waals surface area contributed by atoms with Crippen molar-refractivity contribution in [1.82, 2.24) is 25.2 Å². The second kappa shape index (κ2) is 5.48. The molecule has 0 radical (unpaired) electrons. The average molecular weight is 346 g/mol. The lowest BCUT2D eigenvalue weighted by Crippen LogP contribution is -1.96. The first-order chi connectivity index (χ1) is 9.65. The van der Waals surface area contributed by atoms with Crippen LogP contribution in [-0.2, 0) is 0 Å². The van der Waals surface area contributed by atoms with E-state index in [2.05, 4.69) is 20.5 Å². The molecule has 7 nitrogen and oxygen atoms in total. The Labute approximate surface area is 129 Å². The van der Waals surface area contributed by atoms with Crippen LogP contribution in [0.25, 0.3) is 5.00 Å². The summed E-state index contributed by atoms with van der Waals surface area (Å²) >= 11 is 9.70. The van der Waals surface area contributed by atoms with Crippen molar-refractivity contribution in [3.63, 3.8) is 0 Å². The molecular formula is C9H4ClN5O2S3. The Kier molecular flexibility index (Phi) is 3.70. The van der Waals surface area contributed by atoms with E-state index in [-0.39, 0.29) is 4.88 Å². The number of carboxylic acid groups (broad SMARTS) is 1. The van der Waals surface area contributed by atoms with E-state index in [0.29, 0.717) is 19.5 Å². The van der Waals surface area contributed by atoms with Crippen LogP contribution in [0, 0.1) is 0 Å². The van der Waals surface area contributed by atoms with E-state index < -0.39 is 5.97 Å². The highest BCUT2D eigenvalue weighted by Crippen LogP contribution is 2.33. The summed E-state index contributed by atoms with van der Waals surface area (Å²) in [5.41, 5.74) is 0. The molecule has 11 heteroatoms. The number of carbonyl (C=O) groups is 1. The van der Waals surface area contributed by atoms with Crippen molar-refractivity contribution < 1.29 is 9.90 Å². The number of nitrogens with zero attached hydrogens (tertiary/aromatic N) is 5. The second-order valence-corrected chi connectivity index (χ2v) is 6.89. The molecule has 0 spiro atoms. The van der Waals surface area contributed by atoms with Gasteiger partial charge in [-0.15, -0.1) is 27.8 Å². The molecule has 0 aliphatic heterocycles. The predicted molar refractivity (Wildman–Crippen MR) is 75.2 cm³/mol. The molecular weight excluding hydrogens is 342 g/mol. The van der Waals surface area contributed by atoms with Crippen LogP contribution >= 0.6 is 46.0 Å². The Bertz CT molecular complexity index is 767. The molecule has 0 bridgehead atoms. The maximum Gasteiger partial charge on any atom is 0.347 e. The van der Waals surface area contributed by atoms with E-state index >= 15 is 0 Å². The molecule has 0 atom stereocenters. The van der Waals surface area contributed by atoms with Gasteiger partial charge in [-0.1, -0.05) is 11.6 Å². The number of thiazole rings is 1. The molecule has 0 saturated carbocycles. The Hall–Kier alpha value is -1.49. The smallest absolute Gasteiger partial charge is 0.347 e. The van der Waals surface area contributed by atoms with E-state index in [1.807, 2.05) is 5.38 Å². The summed E-state index contributed by atoms with van der Waals surface area (Å²) in [7, 11) is 0. The Morgan fingerprint density at radius 3 is 3.00 bits per heavy atom. The Balaban J connectivity index is 1.90. The molecule has 3 aromatic rings. The van der Waals surface area contributed by atoms with Gasteiger partial charge in [-0.2, -0.15) is 4.68 Å². The molecule has 102 valence electrons. The molecule has 0 saturated heterocycles. The molecule has 0 fully saturated rings. The SMILES string of the molecule is O=C(O)c1cnc(Sc2nnnn2-c2sccc2Cl)s1. The average Bonchev–Trinajstić information content (AvgIpc) is 3.10. The standard InChI is InChI=1S/C9H4ClN5O2S3/c10-4-1-2-18-6(4)15-8(12-13-14-15)20-9-11-3-5(19-9)7(16)17/h1-3H,(H,16,17). The summed E-state index contributed by atoms with van der Waals surface area (Å²) in [5.74, 6) is -1.00. The van der Waals surface area contributed by atoms with Gasteiger partial charge in [-0.25, -0.2) is 9.78 Å². The number of tetrazole rings is 1. The maximum absolute atomic E-state index is 10.8. The fraction of sp³-hybridized carbons (Fsp3) is 0. The lowest BCUT2D eigenvalue weighted by molar-refractivity contribution is 0.0702. The van der Waals surface area contributed by atoms with Gasteiger partial charge in [0.1, 0.15) is 9.88 Å². The van der Waals surface area contributed by atoms with Crippen molar-refractivity contribution in [1.29, 1.82) is 0 Å². The van der Waals surface area contributed by atoms with Crippen molar-refractivity contribution in [2.24, 2.45) is 0 Å². The van der Waals surface area contributed by atoms with Crippen LogP contribution in [0.4, 0.5) is 0 Å². The second-order valence-electron chi connectivity index (χ2n) is 3.34. The van der Waals surface area contributed by atoms with Crippen LogP contribution < -0.4 is 0 Å². The van der Waals surface area contributed by atoms with Crippen LogP contribution in [0.1, 0.15) is 9.67 Å². The zero-order valence-corrected chi connectivity index (χ0v) is 12.6. The minimum Gasteiger partial charge on any atom is -0.477 e. The normalized spacial score (nSPS) is 10.8. The van der Waals surface area contributed by atoms with Crippen LogP contribution in [0.15, 0.2) is 27.1 Å². The molecule has 3 aromatic heterocycles. The van der Waals surface area contributed by atoms with E-state index in [1.54, 1.807) is 6.07 Å². The van der Waals surface area contributed by atoms with Crippen molar-refractivity contribution in [2.75, 3.05) is 0 Å². The highest BCUT2D eigenvalue weighted by atomic mass is 35.5. The first-order valence-corrected chi connectivity index (χ1v) is 7.93. The first-order valence-electron chi connectivity index (χ1n) is 5.04. The van der Waals surface area contributed by atoms with E-state index in [9.17, 15) is 4.79 Å². The van der Waals surface area contributed by atoms with Gasteiger partial charge in [0.25, 0.3) is 0 Å². The van der Waals surface area contributed by atoms with Gasteiger partial charge in [0.2, 0.25) is 5.16 Å². The van der Waals surface area contributed by atoms with E-state index in [0.717, 1.165) is 11.3 Å². The predicted octanol–water partition coefficient (Wildman–Crippen LogP) is 2.68. The number of halogens is 1. The monoisotopic (exact) mass is 345 g/mol. The first kappa shape index (κ1) is 13.5. The molecule has 20 heavy (non-hydrogen) atoms. The molecule has 3 rings (SSSR count). The fourth-order valence-electron chi connectivity index (χ4n) is 1.29. The van der Waals surface area contributed by atoms with Gasteiger partial charge in [0.05, 0.1) is 11.2 Å². The number of aromatic carboxylic acids is 1.